The lowest BCUT2D eigenvalue weighted by Gasteiger charge is -2.16. The molecule has 3 aromatic carbocycles. The Balaban J connectivity index is 0.000000213. The third-order valence-electron chi connectivity index (χ3n) is 7.21. The number of nitrogens with one attached hydrogen (secondary N) is 1. The molecular formula is C34H30ClFN4O4. The molecule has 224 valence electrons. The molecule has 1 heterocycles. The van der Waals surface area contributed by atoms with Crippen LogP contribution in [0.1, 0.15) is 45.4 Å². The number of fused-ring (bicyclic) bond motifs is 1. The molecule has 0 saturated heterocycles. The Morgan fingerprint density at radius 3 is 2.61 bits per heavy atom. The number of carbonyl (C=O) groups is 1. The fraction of sp³-hybridized carbons (Fsp3) is 0.235. The van der Waals surface area contributed by atoms with E-state index in [1.54, 1.807) is 30.5 Å². The zero-order valence-electron chi connectivity index (χ0n) is 24.0. The number of nitrogens with zero attached hydrogens (tertiary/aromatic N) is 3. The van der Waals surface area contributed by atoms with Crippen LogP contribution in [-0.2, 0) is 30.8 Å². The maximum Gasteiger partial charge on any atom is 0.323 e. The zero-order valence-corrected chi connectivity index (χ0v) is 24.7. The molecule has 0 radical (unpaired) electrons. The van der Waals surface area contributed by atoms with Crippen LogP contribution < -0.4 is 10.1 Å². The van der Waals surface area contributed by atoms with Gasteiger partial charge in [-0.05, 0) is 84.8 Å². The van der Waals surface area contributed by atoms with Crippen molar-refractivity contribution in [2.75, 3.05) is 6.61 Å². The van der Waals surface area contributed by atoms with E-state index in [9.17, 15) is 9.18 Å². The minimum absolute atomic E-state index is 0.156. The molecule has 3 N–H and O–H groups in total. The lowest BCUT2D eigenvalue weighted by Crippen LogP contribution is -2.39. The summed E-state index contributed by atoms with van der Waals surface area (Å²) in [6.45, 7) is 1.65. The maximum atomic E-state index is 14.0. The summed E-state index contributed by atoms with van der Waals surface area (Å²) in [7, 11) is 0. The molecule has 8 nitrogen and oxygen atoms in total. The van der Waals surface area contributed by atoms with Gasteiger partial charge < -0.3 is 14.9 Å². The summed E-state index contributed by atoms with van der Waals surface area (Å²) in [5.74, 6) is -0.870. The molecule has 0 spiro atoms. The predicted octanol–water partition coefficient (Wildman–Crippen LogP) is 5.88. The summed E-state index contributed by atoms with van der Waals surface area (Å²) >= 11 is 6.16. The van der Waals surface area contributed by atoms with Gasteiger partial charge in [0.2, 0.25) is 0 Å². The van der Waals surface area contributed by atoms with E-state index in [2.05, 4.69) is 22.4 Å². The highest BCUT2D eigenvalue weighted by Crippen LogP contribution is 2.34. The van der Waals surface area contributed by atoms with Crippen molar-refractivity contribution in [2.45, 2.75) is 45.4 Å². The lowest BCUT2D eigenvalue weighted by atomic mass is 9.95. The van der Waals surface area contributed by atoms with E-state index < -0.39 is 18.6 Å². The van der Waals surface area contributed by atoms with Gasteiger partial charge in [-0.1, -0.05) is 29.8 Å². The van der Waals surface area contributed by atoms with Crippen LogP contribution in [0, 0.1) is 35.4 Å². The first-order valence-corrected chi connectivity index (χ1v) is 14.3. The molecule has 4 aromatic rings. The average molecular weight is 613 g/mol. The number of carboxylic acid groups (broad SMARTS) is 1. The number of pyridine rings is 1. The molecule has 1 aromatic heterocycles. The number of benzene rings is 3. The van der Waals surface area contributed by atoms with Crippen LogP contribution in [0.4, 0.5) is 4.39 Å². The van der Waals surface area contributed by atoms with Crippen LogP contribution in [0.3, 0.4) is 0 Å². The molecule has 0 aliphatic heterocycles. The van der Waals surface area contributed by atoms with Crippen molar-refractivity contribution in [3.63, 3.8) is 0 Å². The Labute approximate surface area is 260 Å². The molecule has 0 fully saturated rings. The number of halogens is 2. The van der Waals surface area contributed by atoms with Crippen LogP contribution >= 0.6 is 11.6 Å². The Hall–Kier alpha value is -4.80. The van der Waals surface area contributed by atoms with Gasteiger partial charge in [-0.15, -0.1) is 0 Å². The molecule has 0 bridgehead atoms. The minimum Gasteiger partial charge on any atom is -0.489 e. The fourth-order valence-electron chi connectivity index (χ4n) is 4.89. The number of ether oxygens (including phenoxy) is 1. The van der Waals surface area contributed by atoms with Crippen molar-refractivity contribution in [1.82, 2.24) is 10.3 Å². The van der Waals surface area contributed by atoms with Crippen LogP contribution in [0.25, 0.3) is 11.1 Å². The highest BCUT2D eigenvalue weighted by molar-refractivity contribution is 6.31. The molecule has 5 rings (SSSR count). The standard InChI is InChI=1S/C18H18ClN3O4.C16H12FN/c1-11-2-17(26-10-13-3-12(5-20)6-21-7-13)14(4-15(11)19)8-22-16(9-23)18(24)25;17-16-8-7-11(10-18)9-15(16)14-6-2-4-12-3-1-5-13(12)14/h2-4,6-7,16,22-23H,8-10H2,1H3,(H,24,25);2,4,6-9H,1,3,5H2. The number of hydrogen-bond donors (Lipinski definition) is 3. The molecule has 0 saturated carbocycles. The summed E-state index contributed by atoms with van der Waals surface area (Å²) in [4.78, 5) is 15.0. The number of hydrogen-bond acceptors (Lipinski definition) is 7. The number of aryl methyl sites for hydroxylation is 2. The van der Waals surface area contributed by atoms with Gasteiger partial charge in [-0.25, -0.2) is 4.39 Å². The van der Waals surface area contributed by atoms with E-state index in [1.807, 2.05) is 25.1 Å². The molecule has 1 atom stereocenters. The average Bonchev–Trinajstić information content (AvgIpc) is 3.52. The number of nitriles is 2. The summed E-state index contributed by atoms with van der Waals surface area (Å²) in [5.41, 5.74) is 7.19. The second-order valence-electron chi connectivity index (χ2n) is 10.2. The molecule has 1 unspecified atom stereocenters. The van der Waals surface area contributed by atoms with Gasteiger partial charge in [0.15, 0.2) is 0 Å². The Kier molecular flexibility index (Phi) is 11.0. The Morgan fingerprint density at radius 1 is 1.09 bits per heavy atom. The zero-order chi connectivity index (χ0) is 31.6. The summed E-state index contributed by atoms with van der Waals surface area (Å²) < 4.78 is 19.8. The van der Waals surface area contributed by atoms with E-state index in [0.29, 0.717) is 33.0 Å². The number of aliphatic carboxylic acids is 1. The molecular weight excluding hydrogens is 583 g/mol. The van der Waals surface area contributed by atoms with Crippen molar-refractivity contribution in [3.05, 3.63) is 117 Å². The summed E-state index contributed by atoms with van der Waals surface area (Å²) in [6, 6.07) is 18.7. The minimum atomic E-state index is -1.15. The smallest absolute Gasteiger partial charge is 0.323 e. The van der Waals surface area contributed by atoms with Crippen LogP contribution in [0.15, 0.2) is 67.0 Å². The van der Waals surface area contributed by atoms with Gasteiger partial charge >= 0.3 is 5.97 Å². The molecule has 1 aliphatic carbocycles. The monoisotopic (exact) mass is 612 g/mol. The van der Waals surface area contributed by atoms with Crippen LogP contribution in [0.2, 0.25) is 5.02 Å². The Bertz CT molecular complexity index is 1750. The number of aliphatic hydroxyl groups is 1. The maximum absolute atomic E-state index is 14.0. The number of rotatable bonds is 9. The largest absolute Gasteiger partial charge is 0.489 e. The van der Waals surface area contributed by atoms with E-state index >= 15 is 0 Å². The predicted molar refractivity (Wildman–Crippen MR) is 163 cm³/mol. The first-order valence-electron chi connectivity index (χ1n) is 13.9. The molecule has 1 aliphatic rings. The van der Waals surface area contributed by atoms with Gasteiger partial charge in [-0.2, -0.15) is 10.5 Å². The third kappa shape index (κ3) is 7.97. The van der Waals surface area contributed by atoms with Gasteiger partial charge in [0.1, 0.15) is 30.3 Å². The topological polar surface area (TPSA) is 139 Å². The van der Waals surface area contributed by atoms with Crippen LogP contribution in [0.5, 0.6) is 5.75 Å². The normalized spacial score (nSPS) is 12.2. The highest BCUT2D eigenvalue weighted by Gasteiger charge is 2.18. The third-order valence-corrected chi connectivity index (χ3v) is 7.62. The van der Waals surface area contributed by atoms with Crippen LogP contribution in [-0.4, -0.2) is 33.8 Å². The van der Waals surface area contributed by atoms with Gasteiger partial charge in [0.05, 0.1) is 23.8 Å². The van der Waals surface area contributed by atoms with Gasteiger partial charge in [-0.3, -0.25) is 15.1 Å². The lowest BCUT2D eigenvalue weighted by molar-refractivity contribution is -0.140. The van der Waals surface area contributed by atoms with Gasteiger partial charge in [0, 0.05) is 40.7 Å². The number of carboxylic acids is 1. The van der Waals surface area contributed by atoms with Crippen molar-refractivity contribution in [2.24, 2.45) is 0 Å². The second-order valence-corrected chi connectivity index (χ2v) is 10.7. The van der Waals surface area contributed by atoms with Gasteiger partial charge in [0.25, 0.3) is 0 Å². The first kappa shape index (κ1) is 32.1. The second kappa shape index (κ2) is 15.1. The van der Waals surface area contributed by atoms with E-state index in [0.717, 1.165) is 36.0 Å². The summed E-state index contributed by atoms with van der Waals surface area (Å²) in [5, 5.41) is 39.2. The highest BCUT2D eigenvalue weighted by atomic mass is 35.5. The van der Waals surface area contributed by atoms with E-state index in [-0.39, 0.29) is 19.0 Å². The van der Waals surface area contributed by atoms with E-state index in [1.165, 1.54) is 29.5 Å². The molecule has 0 amide bonds. The molecule has 10 heteroatoms. The van der Waals surface area contributed by atoms with E-state index in [4.69, 9.17) is 37.1 Å². The van der Waals surface area contributed by atoms with Crippen molar-refractivity contribution in [3.8, 4) is 29.0 Å². The summed E-state index contributed by atoms with van der Waals surface area (Å²) in [6.07, 6.45) is 6.27. The van der Waals surface area contributed by atoms with Crippen molar-refractivity contribution < 1.29 is 24.1 Å². The van der Waals surface area contributed by atoms with Crippen molar-refractivity contribution in [1.29, 1.82) is 10.5 Å². The first-order chi connectivity index (χ1) is 21.2. The SMILES string of the molecule is Cc1cc(OCc2cncc(C#N)c2)c(CNC(CO)C(=O)O)cc1Cl.N#Cc1ccc(F)c(-c2cccc3c2CCC3)c1. The van der Waals surface area contributed by atoms with Crippen molar-refractivity contribution >= 4 is 17.6 Å². The number of aliphatic hydroxyl groups excluding tert-OH is 1. The molecule has 44 heavy (non-hydrogen) atoms. The quantitative estimate of drug-likeness (QED) is 0.213. The fourth-order valence-corrected chi connectivity index (χ4v) is 5.08. The number of aromatic nitrogens is 1. The Morgan fingerprint density at radius 2 is 1.89 bits per heavy atom.